The SMILES string of the molecule is c1ccc([C@@]23OOCCCCOO[C@@H]2[C@H]2CC[C@@H]3C2)cc1. The Labute approximate surface area is 125 Å². The average Bonchev–Trinajstić information content (AvgIpc) is 3.13. The first-order valence-corrected chi connectivity index (χ1v) is 8.05. The summed E-state index contributed by atoms with van der Waals surface area (Å²) in [6, 6.07) is 10.4. The summed E-state index contributed by atoms with van der Waals surface area (Å²) in [5.41, 5.74) is 0.632. The molecular weight excluding hydrogens is 268 g/mol. The van der Waals surface area contributed by atoms with Crippen LogP contribution in [0, 0.1) is 11.8 Å². The van der Waals surface area contributed by atoms with E-state index in [0.717, 1.165) is 24.8 Å². The van der Waals surface area contributed by atoms with Crippen molar-refractivity contribution in [2.24, 2.45) is 11.8 Å². The molecule has 2 aliphatic carbocycles. The standard InChI is InChI=1S/C17H22O4/c1-2-6-14(7-3-1)17-15-9-8-13(12-15)16(17)20-18-10-4-5-11-19-21-17/h1-3,6-7,13,15-16H,4-5,8-12H2/t13-,15+,16+,17-/m0/s1. The molecule has 3 aliphatic rings. The van der Waals surface area contributed by atoms with Gasteiger partial charge in [-0.2, -0.15) is 0 Å². The van der Waals surface area contributed by atoms with E-state index in [1.807, 2.05) is 6.07 Å². The van der Waals surface area contributed by atoms with Gasteiger partial charge >= 0.3 is 0 Å². The van der Waals surface area contributed by atoms with Crippen molar-refractivity contribution in [3.05, 3.63) is 35.9 Å². The fourth-order valence-corrected chi connectivity index (χ4v) is 4.26. The van der Waals surface area contributed by atoms with E-state index < -0.39 is 5.60 Å². The Hall–Kier alpha value is -0.940. The van der Waals surface area contributed by atoms with E-state index in [9.17, 15) is 0 Å². The van der Waals surface area contributed by atoms with Crippen molar-refractivity contribution in [2.75, 3.05) is 13.2 Å². The highest BCUT2D eigenvalue weighted by Gasteiger charge is 2.63. The Balaban J connectivity index is 1.72. The van der Waals surface area contributed by atoms with Gasteiger partial charge < -0.3 is 0 Å². The summed E-state index contributed by atoms with van der Waals surface area (Å²) in [6.07, 6.45) is 5.28. The molecule has 1 aromatic carbocycles. The van der Waals surface area contributed by atoms with Crippen molar-refractivity contribution >= 4 is 0 Å². The lowest BCUT2D eigenvalue weighted by molar-refractivity contribution is -0.442. The van der Waals surface area contributed by atoms with Crippen LogP contribution in [0.15, 0.2) is 30.3 Å². The van der Waals surface area contributed by atoms with Crippen LogP contribution in [-0.2, 0) is 25.2 Å². The number of fused-ring (bicyclic) bond motifs is 5. The van der Waals surface area contributed by atoms with Crippen LogP contribution in [-0.4, -0.2) is 19.3 Å². The van der Waals surface area contributed by atoms with Crippen LogP contribution in [0.2, 0.25) is 0 Å². The molecule has 2 saturated carbocycles. The maximum atomic E-state index is 6.05. The second kappa shape index (κ2) is 5.69. The van der Waals surface area contributed by atoms with Crippen LogP contribution in [0.1, 0.15) is 37.7 Å². The van der Waals surface area contributed by atoms with Crippen molar-refractivity contribution in [2.45, 2.75) is 43.8 Å². The van der Waals surface area contributed by atoms with Crippen LogP contribution in [0.25, 0.3) is 0 Å². The highest BCUT2D eigenvalue weighted by atomic mass is 17.2. The highest BCUT2D eigenvalue weighted by Crippen LogP contribution is 2.59. The molecule has 1 saturated heterocycles. The number of rotatable bonds is 1. The van der Waals surface area contributed by atoms with Gasteiger partial charge in [-0.15, -0.1) is 0 Å². The monoisotopic (exact) mass is 290 g/mol. The molecule has 21 heavy (non-hydrogen) atoms. The molecule has 4 heteroatoms. The average molecular weight is 290 g/mol. The summed E-state index contributed by atoms with van der Waals surface area (Å²) >= 11 is 0. The first kappa shape index (κ1) is 13.7. The number of benzene rings is 1. The second-order valence-corrected chi connectivity index (χ2v) is 6.38. The summed E-state index contributed by atoms with van der Waals surface area (Å²) < 4.78 is 0. The minimum atomic E-state index is -0.512. The van der Waals surface area contributed by atoms with Gasteiger partial charge in [-0.25, -0.2) is 19.6 Å². The molecule has 3 fully saturated rings. The molecule has 114 valence electrons. The molecule has 2 bridgehead atoms. The molecular formula is C17H22O4. The Bertz CT molecular complexity index is 477. The first-order valence-electron chi connectivity index (χ1n) is 8.05. The van der Waals surface area contributed by atoms with Gasteiger partial charge in [0.25, 0.3) is 0 Å². The van der Waals surface area contributed by atoms with Gasteiger partial charge in [0.15, 0.2) is 5.60 Å². The van der Waals surface area contributed by atoms with Gasteiger partial charge in [0.2, 0.25) is 0 Å². The molecule has 0 unspecified atom stereocenters. The molecule has 1 heterocycles. The predicted molar refractivity (Wildman–Crippen MR) is 76.0 cm³/mol. The molecule has 1 aliphatic heterocycles. The molecule has 4 rings (SSSR count). The van der Waals surface area contributed by atoms with Crippen LogP contribution in [0.3, 0.4) is 0 Å². The lowest BCUT2D eigenvalue weighted by atomic mass is 9.77. The van der Waals surface area contributed by atoms with Crippen molar-refractivity contribution < 1.29 is 19.6 Å². The molecule has 4 atom stereocenters. The van der Waals surface area contributed by atoms with E-state index in [4.69, 9.17) is 19.6 Å². The minimum absolute atomic E-state index is 0.0725. The first-order chi connectivity index (χ1) is 10.4. The van der Waals surface area contributed by atoms with Crippen LogP contribution in [0.5, 0.6) is 0 Å². The zero-order valence-corrected chi connectivity index (χ0v) is 12.2. The van der Waals surface area contributed by atoms with E-state index in [1.54, 1.807) is 0 Å². The summed E-state index contributed by atoms with van der Waals surface area (Å²) in [4.78, 5) is 23.0. The molecule has 0 radical (unpaired) electrons. The fourth-order valence-electron chi connectivity index (χ4n) is 4.26. The maximum Gasteiger partial charge on any atom is 0.161 e. The lowest BCUT2D eigenvalue weighted by Crippen LogP contribution is -2.48. The Kier molecular flexibility index (Phi) is 3.71. The molecule has 1 aromatic rings. The number of hydrogen-bond donors (Lipinski definition) is 0. The summed E-state index contributed by atoms with van der Waals surface area (Å²) in [7, 11) is 0. The van der Waals surface area contributed by atoms with Crippen LogP contribution >= 0.6 is 0 Å². The molecule has 4 nitrogen and oxygen atoms in total. The summed E-state index contributed by atoms with van der Waals surface area (Å²) in [5, 5.41) is 0. The third kappa shape index (κ3) is 2.21. The van der Waals surface area contributed by atoms with E-state index in [2.05, 4.69) is 24.3 Å². The topological polar surface area (TPSA) is 36.9 Å². The molecule has 0 spiro atoms. The van der Waals surface area contributed by atoms with Gasteiger partial charge in [-0.1, -0.05) is 30.3 Å². The normalized spacial score (nSPS) is 39.9. The van der Waals surface area contributed by atoms with Gasteiger partial charge in [-0.05, 0) is 49.5 Å². The van der Waals surface area contributed by atoms with Crippen molar-refractivity contribution in [1.82, 2.24) is 0 Å². The molecule has 0 amide bonds. The van der Waals surface area contributed by atoms with Gasteiger partial charge in [0.1, 0.15) is 6.10 Å². The van der Waals surface area contributed by atoms with E-state index in [0.29, 0.717) is 25.0 Å². The Morgan fingerprint density at radius 3 is 2.62 bits per heavy atom. The van der Waals surface area contributed by atoms with E-state index in [1.165, 1.54) is 12.8 Å². The van der Waals surface area contributed by atoms with E-state index in [-0.39, 0.29) is 6.10 Å². The third-order valence-corrected chi connectivity index (χ3v) is 5.23. The van der Waals surface area contributed by atoms with Gasteiger partial charge in [0, 0.05) is 0 Å². The minimum Gasteiger partial charge on any atom is -0.236 e. The highest BCUT2D eigenvalue weighted by molar-refractivity contribution is 5.29. The Morgan fingerprint density at radius 2 is 1.76 bits per heavy atom. The van der Waals surface area contributed by atoms with Crippen molar-refractivity contribution in [1.29, 1.82) is 0 Å². The predicted octanol–water partition coefficient (Wildman–Crippen LogP) is 3.37. The van der Waals surface area contributed by atoms with Crippen molar-refractivity contribution in [3.8, 4) is 0 Å². The fraction of sp³-hybridized carbons (Fsp3) is 0.647. The summed E-state index contributed by atoms with van der Waals surface area (Å²) in [5.74, 6) is 0.941. The quantitative estimate of drug-likeness (QED) is 0.743. The molecule has 0 N–H and O–H groups in total. The molecule has 0 aromatic heterocycles. The largest absolute Gasteiger partial charge is 0.236 e. The zero-order chi connectivity index (χ0) is 14.1. The third-order valence-electron chi connectivity index (χ3n) is 5.23. The van der Waals surface area contributed by atoms with Crippen molar-refractivity contribution in [3.63, 3.8) is 0 Å². The van der Waals surface area contributed by atoms with Gasteiger partial charge in [0.05, 0.1) is 13.2 Å². The lowest BCUT2D eigenvalue weighted by Gasteiger charge is -2.41. The maximum absolute atomic E-state index is 6.05. The van der Waals surface area contributed by atoms with E-state index >= 15 is 0 Å². The van der Waals surface area contributed by atoms with Gasteiger partial charge in [-0.3, -0.25) is 0 Å². The van der Waals surface area contributed by atoms with Crippen LogP contribution in [0.4, 0.5) is 0 Å². The van der Waals surface area contributed by atoms with Crippen LogP contribution < -0.4 is 0 Å². The smallest absolute Gasteiger partial charge is 0.161 e. The second-order valence-electron chi connectivity index (χ2n) is 6.38. The Morgan fingerprint density at radius 1 is 0.952 bits per heavy atom. The summed E-state index contributed by atoms with van der Waals surface area (Å²) in [6.45, 7) is 1.24. The zero-order valence-electron chi connectivity index (χ0n) is 12.2. The number of hydrogen-bond acceptors (Lipinski definition) is 4.